The first-order valence-electron chi connectivity index (χ1n) is 9.13. The van der Waals surface area contributed by atoms with Crippen LogP contribution in [0.15, 0.2) is 12.2 Å². The van der Waals surface area contributed by atoms with E-state index in [4.69, 9.17) is 11.7 Å². The van der Waals surface area contributed by atoms with Crippen LogP contribution in [0.25, 0.3) is 0 Å². The summed E-state index contributed by atoms with van der Waals surface area (Å²) in [5, 5.41) is 4.95. The molecule has 1 heterocycles. The molecular formula is C14H26N12O6. The first-order chi connectivity index (χ1) is 15.3. The fourth-order valence-electron chi connectivity index (χ4n) is 2.27. The number of carbonyl (C=O) groups is 6. The highest BCUT2D eigenvalue weighted by Crippen LogP contribution is 2.03. The Morgan fingerprint density at radius 1 is 0.719 bits per heavy atom. The Hall–Kier alpha value is -4.16. The van der Waals surface area contributed by atoms with Gasteiger partial charge in [-0.05, 0) is 0 Å². The molecule has 0 aliphatic carbocycles. The number of hydrazine groups is 4. The average Bonchev–Trinajstić information content (AvgIpc) is 3.10. The van der Waals surface area contributed by atoms with Gasteiger partial charge in [0.1, 0.15) is 0 Å². The Bertz CT molecular complexity index is 688. The van der Waals surface area contributed by atoms with Gasteiger partial charge in [0.25, 0.3) is 11.8 Å². The highest BCUT2D eigenvalue weighted by Gasteiger charge is 2.23. The predicted octanol–water partition coefficient (Wildman–Crippen LogP) is -5.01. The molecule has 10 amide bonds. The fraction of sp³-hybridized carbons (Fsp3) is 0.429. The van der Waals surface area contributed by atoms with Gasteiger partial charge in [-0.15, -0.1) is 0 Å². The van der Waals surface area contributed by atoms with Crippen molar-refractivity contribution in [3.63, 3.8) is 0 Å². The molecule has 178 valence electrons. The lowest BCUT2D eigenvalue weighted by atomic mass is 10.4. The van der Waals surface area contributed by atoms with E-state index in [1.807, 2.05) is 10.9 Å². The maximum Gasteiger partial charge on any atom is 0.347 e. The van der Waals surface area contributed by atoms with Gasteiger partial charge in [0, 0.05) is 51.4 Å². The van der Waals surface area contributed by atoms with Gasteiger partial charge in [-0.1, -0.05) is 0 Å². The number of hydrogen-bond acceptors (Lipinski definition) is 9. The zero-order chi connectivity index (χ0) is 23.9. The standard InChI is InChI=1S/C14H26N12O6/c15-19-13(31)23-21-11(29)17-3-5-25(7-8-26-9(27)1-2-10(26)28)6-4-18-12(30)22-24-14(32)20-16/h1-2H,3-8,15-16H2,(H2,17,21,29)(H2,18,22,30)(H2,19,23,31)(H2,20,24,32). The van der Waals surface area contributed by atoms with Crippen molar-refractivity contribution in [3.8, 4) is 0 Å². The van der Waals surface area contributed by atoms with Gasteiger partial charge in [0.15, 0.2) is 0 Å². The predicted molar refractivity (Wildman–Crippen MR) is 107 cm³/mol. The Kier molecular flexibility index (Phi) is 11.3. The van der Waals surface area contributed by atoms with Crippen LogP contribution in [0.1, 0.15) is 0 Å². The first kappa shape index (κ1) is 25.9. The number of amides is 10. The number of rotatable bonds is 9. The number of nitrogens with one attached hydrogen (secondary N) is 8. The molecule has 0 spiro atoms. The summed E-state index contributed by atoms with van der Waals surface area (Å²) in [6.45, 7) is 1.16. The normalized spacial score (nSPS) is 12.3. The molecule has 32 heavy (non-hydrogen) atoms. The van der Waals surface area contributed by atoms with Crippen LogP contribution in [-0.2, 0) is 9.59 Å². The van der Waals surface area contributed by atoms with Crippen molar-refractivity contribution in [1.82, 2.24) is 53.0 Å². The minimum absolute atomic E-state index is 0.0967. The molecule has 0 saturated heterocycles. The van der Waals surface area contributed by atoms with E-state index in [1.165, 1.54) is 12.2 Å². The molecule has 18 nitrogen and oxygen atoms in total. The molecule has 12 N–H and O–H groups in total. The summed E-state index contributed by atoms with van der Waals surface area (Å²) >= 11 is 0. The van der Waals surface area contributed by atoms with Crippen LogP contribution < -0.4 is 54.9 Å². The second kappa shape index (κ2) is 14.0. The number of nitrogens with zero attached hydrogens (tertiary/aromatic N) is 2. The van der Waals surface area contributed by atoms with Crippen LogP contribution in [0.4, 0.5) is 19.2 Å². The maximum absolute atomic E-state index is 11.7. The summed E-state index contributed by atoms with van der Waals surface area (Å²) in [5.41, 5.74) is 11.6. The minimum Gasteiger partial charge on any atom is -0.335 e. The molecule has 0 unspecified atom stereocenters. The minimum atomic E-state index is -0.821. The van der Waals surface area contributed by atoms with E-state index in [9.17, 15) is 28.8 Å². The molecule has 18 heteroatoms. The second-order valence-corrected chi connectivity index (χ2v) is 5.96. The quantitative estimate of drug-likeness (QED) is 0.0685. The van der Waals surface area contributed by atoms with Gasteiger partial charge >= 0.3 is 24.1 Å². The summed E-state index contributed by atoms with van der Waals surface area (Å²) in [4.78, 5) is 71.2. The highest BCUT2D eigenvalue weighted by molar-refractivity contribution is 6.12. The number of carbonyl (C=O) groups excluding carboxylic acids is 6. The average molecular weight is 458 g/mol. The Balaban J connectivity index is 2.45. The summed E-state index contributed by atoms with van der Waals surface area (Å²) < 4.78 is 0. The molecule has 0 fully saturated rings. The smallest absolute Gasteiger partial charge is 0.335 e. The SMILES string of the molecule is NNC(=O)NNC(=O)NCCN(CCNC(=O)NNC(=O)NN)CCN1C(=O)C=CC1=O. The van der Waals surface area contributed by atoms with Gasteiger partial charge in [-0.25, -0.2) is 52.6 Å². The van der Waals surface area contributed by atoms with Crippen LogP contribution in [-0.4, -0.2) is 85.0 Å². The van der Waals surface area contributed by atoms with Crippen LogP contribution in [0.2, 0.25) is 0 Å². The summed E-state index contributed by atoms with van der Waals surface area (Å²) in [6, 6.07) is -3.05. The van der Waals surface area contributed by atoms with Crippen molar-refractivity contribution >= 4 is 35.9 Å². The van der Waals surface area contributed by atoms with Crippen LogP contribution in [0.3, 0.4) is 0 Å². The molecule has 0 saturated carbocycles. The Morgan fingerprint density at radius 2 is 1.12 bits per heavy atom. The lowest BCUT2D eigenvalue weighted by molar-refractivity contribution is -0.137. The van der Waals surface area contributed by atoms with Crippen LogP contribution in [0.5, 0.6) is 0 Å². The van der Waals surface area contributed by atoms with E-state index < -0.39 is 35.9 Å². The summed E-state index contributed by atoms with van der Waals surface area (Å²) in [7, 11) is 0. The molecule has 1 aliphatic heterocycles. The molecule has 0 aromatic rings. The van der Waals surface area contributed by atoms with E-state index in [0.717, 1.165) is 4.90 Å². The molecule has 0 atom stereocenters. The van der Waals surface area contributed by atoms with Crippen molar-refractivity contribution in [2.45, 2.75) is 0 Å². The van der Waals surface area contributed by atoms with Crippen molar-refractivity contribution < 1.29 is 28.8 Å². The first-order valence-corrected chi connectivity index (χ1v) is 9.13. The van der Waals surface area contributed by atoms with Gasteiger partial charge < -0.3 is 10.6 Å². The number of imide groups is 1. The van der Waals surface area contributed by atoms with Gasteiger partial charge in [-0.3, -0.25) is 30.2 Å². The lowest BCUT2D eigenvalue weighted by Crippen LogP contribution is -2.53. The molecule has 1 aliphatic rings. The number of urea groups is 4. The molecule has 0 bridgehead atoms. The second-order valence-electron chi connectivity index (χ2n) is 5.96. The van der Waals surface area contributed by atoms with Crippen molar-refractivity contribution in [1.29, 1.82) is 0 Å². The topological polar surface area (TPSA) is 257 Å². The highest BCUT2D eigenvalue weighted by atomic mass is 16.2. The lowest BCUT2D eigenvalue weighted by Gasteiger charge is -2.25. The van der Waals surface area contributed by atoms with Gasteiger partial charge in [0.05, 0.1) is 0 Å². The van der Waals surface area contributed by atoms with Crippen molar-refractivity contribution in [3.05, 3.63) is 12.2 Å². The molecular weight excluding hydrogens is 432 g/mol. The van der Waals surface area contributed by atoms with E-state index in [0.29, 0.717) is 0 Å². The third-order valence-corrected chi connectivity index (χ3v) is 3.81. The van der Waals surface area contributed by atoms with Crippen molar-refractivity contribution in [2.24, 2.45) is 11.7 Å². The van der Waals surface area contributed by atoms with Crippen LogP contribution in [0, 0.1) is 0 Å². The Morgan fingerprint density at radius 3 is 1.53 bits per heavy atom. The number of nitrogens with two attached hydrogens (primary N) is 2. The zero-order valence-corrected chi connectivity index (χ0v) is 16.9. The summed E-state index contributed by atoms with van der Waals surface area (Å²) in [5.74, 6) is 8.84. The zero-order valence-electron chi connectivity index (χ0n) is 16.9. The fourth-order valence-corrected chi connectivity index (χ4v) is 2.27. The maximum atomic E-state index is 11.7. The molecule has 0 aromatic heterocycles. The molecule has 0 aromatic carbocycles. The largest absolute Gasteiger partial charge is 0.347 e. The monoisotopic (exact) mass is 458 g/mol. The molecule has 0 radical (unpaired) electrons. The summed E-state index contributed by atoms with van der Waals surface area (Å²) in [6.07, 6.45) is 2.33. The third-order valence-electron chi connectivity index (χ3n) is 3.81. The number of hydrogen-bond donors (Lipinski definition) is 10. The van der Waals surface area contributed by atoms with E-state index in [2.05, 4.69) is 21.5 Å². The van der Waals surface area contributed by atoms with Crippen LogP contribution >= 0.6 is 0 Å². The van der Waals surface area contributed by atoms with E-state index >= 15 is 0 Å². The van der Waals surface area contributed by atoms with E-state index in [-0.39, 0.29) is 39.3 Å². The third kappa shape index (κ3) is 10.0. The Labute approximate surface area is 181 Å². The van der Waals surface area contributed by atoms with Gasteiger partial charge in [0.2, 0.25) is 0 Å². The van der Waals surface area contributed by atoms with Gasteiger partial charge in [-0.2, -0.15) is 0 Å². The van der Waals surface area contributed by atoms with E-state index in [1.54, 1.807) is 15.8 Å². The van der Waals surface area contributed by atoms with Crippen molar-refractivity contribution in [2.75, 3.05) is 39.3 Å². The molecule has 1 rings (SSSR count).